The van der Waals surface area contributed by atoms with Crippen LogP contribution in [0, 0.1) is 0 Å². The minimum atomic E-state index is 0.173. The Balaban J connectivity index is 1.21. The van der Waals surface area contributed by atoms with Crippen LogP contribution in [0.25, 0.3) is 11.4 Å². The highest BCUT2D eigenvalue weighted by Gasteiger charge is 2.21. The Morgan fingerprint density at radius 2 is 1.77 bits per heavy atom. The van der Waals surface area contributed by atoms with Gasteiger partial charge < -0.3 is 19.1 Å². The van der Waals surface area contributed by atoms with Gasteiger partial charge in [-0.25, -0.2) is 0 Å². The molecule has 3 aromatic rings. The van der Waals surface area contributed by atoms with Crippen molar-refractivity contribution in [1.82, 2.24) is 15.0 Å². The van der Waals surface area contributed by atoms with E-state index in [1.807, 2.05) is 29.2 Å². The van der Waals surface area contributed by atoms with Gasteiger partial charge in [0.1, 0.15) is 5.75 Å². The third-order valence-electron chi connectivity index (χ3n) is 5.42. The molecule has 0 radical (unpaired) electrons. The molecule has 1 aliphatic rings. The standard InChI is InChI=1S/C23H25ClN4O3/c1-30-20-11-9-19(10-12-20)27-13-15-28(16-14-27)22(29)4-2-3-21-25-23(26-31-21)17-5-7-18(24)8-6-17/h5-12H,2-4,13-16H2,1H3. The molecule has 162 valence electrons. The first-order valence-electron chi connectivity index (χ1n) is 10.4. The number of nitrogens with zero attached hydrogens (tertiary/aromatic N) is 4. The number of ether oxygens (including phenoxy) is 1. The van der Waals surface area contributed by atoms with Crippen molar-refractivity contribution in [2.75, 3.05) is 38.2 Å². The first-order valence-corrected chi connectivity index (χ1v) is 10.8. The molecule has 8 heteroatoms. The fraction of sp³-hybridized carbons (Fsp3) is 0.348. The minimum Gasteiger partial charge on any atom is -0.497 e. The summed E-state index contributed by atoms with van der Waals surface area (Å²) in [6.45, 7) is 3.11. The average molecular weight is 441 g/mol. The summed E-state index contributed by atoms with van der Waals surface area (Å²) in [6, 6.07) is 15.3. The number of amides is 1. The summed E-state index contributed by atoms with van der Waals surface area (Å²) in [5.74, 6) is 2.10. The predicted octanol–water partition coefficient (Wildman–Crippen LogP) is 4.07. The first-order chi connectivity index (χ1) is 15.1. The summed E-state index contributed by atoms with van der Waals surface area (Å²) in [7, 11) is 1.66. The van der Waals surface area contributed by atoms with Crippen molar-refractivity contribution in [2.24, 2.45) is 0 Å². The number of aromatic nitrogens is 2. The van der Waals surface area contributed by atoms with Gasteiger partial charge in [-0.1, -0.05) is 16.8 Å². The molecule has 2 aromatic carbocycles. The normalized spacial score (nSPS) is 14.0. The molecule has 7 nitrogen and oxygen atoms in total. The van der Waals surface area contributed by atoms with E-state index in [1.165, 1.54) is 0 Å². The third-order valence-corrected chi connectivity index (χ3v) is 5.67. The van der Waals surface area contributed by atoms with E-state index >= 15 is 0 Å². The van der Waals surface area contributed by atoms with Gasteiger partial charge in [-0.15, -0.1) is 0 Å². The molecular formula is C23H25ClN4O3. The quantitative estimate of drug-likeness (QED) is 0.551. The predicted molar refractivity (Wildman–Crippen MR) is 119 cm³/mol. The van der Waals surface area contributed by atoms with Crippen LogP contribution in [-0.4, -0.2) is 54.2 Å². The Kier molecular flexibility index (Phi) is 6.72. The number of benzene rings is 2. The highest BCUT2D eigenvalue weighted by atomic mass is 35.5. The number of hydrogen-bond acceptors (Lipinski definition) is 6. The van der Waals surface area contributed by atoms with Gasteiger partial charge in [-0.3, -0.25) is 4.79 Å². The van der Waals surface area contributed by atoms with E-state index < -0.39 is 0 Å². The van der Waals surface area contributed by atoms with E-state index in [0.29, 0.717) is 36.0 Å². The van der Waals surface area contributed by atoms with Gasteiger partial charge in [-0.2, -0.15) is 4.98 Å². The number of halogens is 1. The fourth-order valence-corrected chi connectivity index (χ4v) is 3.75. The van der Waals surface area contributed by atoms with Gasteiger partial charge in [0.15, 0.2) is 0 Å². The number of carbonyl (C=O) groups is 1. The van der Waals surface area contributed by atoms with Crippen molar-refractivity contribution in [1.29, 1.82) is 0 Å². The van der Waals surface area contributed by atoms with Gasteiger partial charge in [0.05, 0.1) is 7.11 Å². The van der Waals surface area contributed by atoms with Crippen LogP contribution in [-0.2, 0) is 11.2 Å². The van der Waals surface area contributed by atoms with Gasteiger partial charge in [-0.05, 0) is 55.0 Å². The number of anilines is 1. The molecule has 0 atom stereocenters. The highest BCUT2D eigenvalue weighted by molar-refractivity contribution is 6.30. The molecule has 1 fully saturated rings. The van der Waals surface area contributed by atoms with E-state index in [-0.39, 0.29) is 5.91 Å². The lowest BCUT2D eigenvalue weighted by molar-refractivity contribution is -0.131. The zero-order valence-corrected chi connectivity index (χ0v) is 18.2. The lowest BCUT2D eigenvalue weighted by atomic mass is 10.2. The van der Waals surface area contributed by atoms with Crippen LogP contribution in [0.5, 0.6) is 5.75 Å². The summed E-state index contributed by atoms with van der Waals surface area (Å²) >= 11 is 5.91. The maximum absolute atomic E-state index is 12.6. The number of methoxy groups -OCH3 is 1. The summed E-state index contributed by atoms with van der Waals surface area (Å²) < 4.78 is 10.5. The second-order valence-electron chi connectivity index (χ2n) is 7.44. The maximum atomic E-state index is 12.6. The number of piperazine rings is 1. The van der Waals surface area contributed by atoms with Gasteiger partial charge >= 0.3 is 0 Å². The molecule has 0 bridgehead atoms. The molecule has 2 heterocycles. The van der Waals surface area contributed by atoms with Gasteiger partial charge in [0, 0.05) is 55.3 Å². The van der Waals surface area contributed by atoms with E-state index in [1.54, 1.807) is 19.2 Å². The van der Waals surface area contributed by atoms with Crippen LogP contribution < -0.4 is 9.64 Å². The third kappa shape index (κ3) is 5.35. The average Bonchev–Trinajstić information content (AvgIpc) is 3.28. The molecule has 31 heavy (non-hydrogen) atoms. The molecule has 0 unspecified atom stereocenters. The monoisotopic (exact) mass is 440 g/mol. The molecule has 0 aliphatic carbocycles. The zero-order chi connectivity index (χ0) is 21.6. The Bertz CT molecular complexity index is 996. The topological polar surface area (TPSA) is 71.7 Å². The first kappa shape index (κ1) is 21.2. The Morgan fingerprint density at radius 1 is 1.06 bits per heavy atom. The van der Waals surface area contributed by atoms with Crippen LogP contribution in [0.15, 0.2) is 53.1 Å². The lowest BCUT2D eigenvalue weighted by Crippen LogP contribution is -2.48. The van der Waals surface area contributed by atoms with E-state index in [0.717, 1.165) is 43.2 Å². The summed E-state index contributed by atoms with van der Waals surface area (Å²) in [5.41, 5.74) is 2.01. The molecule has 1 amide bonds. The van der Waals surface area contributed by atoms with E-state index in [9.17, 15) is 4.79 Å². The molecule has 4 rings (SSSR count). The molecular weight excluding hydrogens is 416 g/mol. The van der Waals surface area contributed by atoms with Crippen molar-refractivity contribution < 1.29 is 14.1 Å². The molecule has 0 saturated carbocycles. The molecule has 0 spiro atoms. The molecule has 1 saturated heterocycles. The van der Waals surface area contributed by atoms with Crippen LogP contribution in [0.3, 0.4) is 0 Å². The van der Waals surface area contributed by atoms with Crippen molar-refractivity contribution in [3.63, 3.8) is 0 Å². The van der Waals surface area contributed by atoms with Crippen molar-refractivity contribution in [2.45, 2.75) is 19.3 Å². The van der Waals surface area contributed by atoms with E-state index in [4.69, 9.17) is 20.9 Å². The largest absolute Gasteiger partial charge is 0.497 e. The van der Waals surface area contributed by atoms with E-state index in [2.05, 4.69) is 27.2 Å². The van der Waals surface area contributed by atoms with Crippen LogP contribution in [0.1, 0.15) is 18.7 Å². The Morgan fingerprint density at radius 3 is 2.45 bits per heavy atom. The van der Waals surface area contributed by atoms with Crippen LogP contribution >= 0.6 is 11.6 Å². The SMILES string of the molecule is COc1ccc(N2CCN(C(=O)CCCc3nc(-c4ccc(Cl)cc4)no3)CC2)cc1. The Labute approximate surface area is 186 Å². The summed E-state index contributed by atoms with van der Waals surface area (Å²) in [5, 5.41) is 4.68. The zero-order valence-electron chi connectivity index (χ0n) is 17.5. The number of hydrogen-bond donors (Lipinski definition) is 0. The summed E-state index contributed by atoms with van der Waals surface area (Å²) in [4.78, 5) is 21.2. The minimum absolute atomic E-state index is 0.173. The fourth-order valence-electron chi connectivity index (χ4n) is 3.63. The van der Waals surface area contributed by atoms with Crippen LogP contribution in [0.4, 0.5) is 5.69 Å². The number of rotatable bonds is 7. The van der Waals surface area contributed by atoms with Crippen molar-refractivity contribution >= 4 is 23.2 Å². The molecule has 1 aromatic heterocycles. The second-order valence-corrected chi connectivity index (χ2v) is 7.87. The number of aryl methyl sites for hydroxylation is 1. The smallest absolute Gasteiger partial charge is 0.226 e. The van der Waals surface area contributed by atoms with Crippen molar-refractivity contribution in [3.05, 3.63) is 59.4 Å². The lowest BCUT2D eigenvalue weighted by Gasteiger charge is -2.36. The Hall–Kier alpha value is -3.06. The summed E-state index contributed by atoms with van der Waals surface area (Å²) in [6.07, 6.45) is 1.74. The molecule has 1 aliphatic heterocycles. The number of carbonyl (C=O) groups excluding carboxylic acids is 1. The second kappa shape index (κ2) is 9.83. The van der Waals surface area contributed by atoms with Gasteiger partial charge in [0.25, 0.3) is 0 Å². The van der Waals surface area contributed by atoms with Crippen LogP contribution in [0.2, 0.25) is 5.02 Å². The highest BCUT2D eigenvalue weighted by Crippen LogP contribution is 2.21. The van der Waals surface area contributed by atoms with Gasteiger partial charge in [0.2, 0.25) is 17.6 Å². The van der Waals surface area contributed by atoms with Crippen molar-refractivity contribution in [3.8, 4) is 17.1 Å². The maximum Gasteiger partial charge on any atom is 0.226 e. The molecule has 0 N–H and O–H groups in total.